The van der Waals surface area contributed by atoms with Crippen LogP contribution in [0.2, 0.25) is 0 Å². The van der Waals surface area contributed by atoms with Gasteiger partial charge in [-0.25, -0.2) is 19.6 Å². The molecule has 0 aliphatic rings. The second-order valence-corrected chi connectivity index (χ2v) is 6.92. The molecule has 0 N–H and O–H groups in total. The second-order valence-electron chi connectivity index (χ2n) is 6.92. The van der Waals surface area contributed by atoms with E-state index in [0.29, 0.717) is 12.8 Å². The van der Waals surface area contributed by atoms with Crippen molar-refractivity contribution in [2.45, 2.75) is 45.8 Å². The Morgan fingerprint density at radius 2 is 1.48 bits per heavy atom. The number of rotatable bonds is 8. The van der Waals surface area contributed by atoms with E-state index in [4.69, 9.17) is 9.47 Å². The predicted octanol–water partition coefficient (Wildman–Crippen LogP) is 4.93. The molecule has 2 amide bonds. The van der Waals surface area contributed by atoms with Gasteiger partial charge in [-0.1, -0.05) is 42.5 Å². The topological polar surface area (TPSA) is 59.1 Å². The van der Waals surface area contributed by atoms with Crippen LogP contribution in [-0.2, 0) is 16.1 Å². The number of carbonyl (C=O) groups excluding carboxylic acids is 2. The standard InChI is InChI=1S/C21H30N2O4/c1-6-8-15-22(19(24)26-17-18-13-11-10-12-14-18)23(16-9-7-2)20(25)27-21(3,4)5/h6-7,10-14H,1-2,8-9,15-17H2,3-5H3. The molecule has 0 heterocycles. The highest BCUT2D eigenvalue weighted by Crippen LogP contribution is 2.14. The highest BCUT2D eigenvalue weighted by molar-refractivity contribution is 5.74. The smallest absolute Gasteiger partial charge is 0.429 e. The lowest BCUT2D eigenvalue weighted by molar-refractivity contribution is -0.0469. The molecule has 0 aromatic heterocycles. The second kappa shape index (κ2) is 11.1. The lowest BCUT2D eigenvalue weighted by Crippen LogP contribution is -2.52. The maximum atomic E-state index is 12.7. The summed E-state index contributed by atoms with van der Waals surface area (Å²) in [5, 5.41) is 2.53. The molecule has 6 heteroatoms. The molecule has 27 heavy (non-hydrogen) atoms. The van der Waals surface area contributed by atoms with Crippen LogP contribution in [0.15, 0.2) is 55.6 Å². The van der Waals surface area contributed by atoms with Crippen molar-refractivity contribution in [3.05, 3.63) is 61.2 Å². The van der Waals surface area contributed by atoms with E-state index < -0.39 is 17.8 Å². The number of carbonyl (C=O) groups is 2. The Balaban J connectivity index is 2.94. The fourth-order valence-electron chi connectivity index (χ4n) is 2.16. The van der Waals surface area contributed by atoms with Crippen LogP contribution in [0.3, 0.4) is 0 Å². The molecule has 0 aliphatic heterocycles. The predicted molar refractivity (Wildman–Crippen MR) is 106 cm³/mol. The molecule has 0 bridgehead atoms. The molecule has 1 rings (SSSR count). The van der Waals surface area contributed by atoms with Gasteiger partial charge in [-0.3, -0.25) is 0 Å². The molecule has 0 fully saturated rings. The van der Waals surface area contributed by atoms with Crippen molar-refractivity contribution in [3.8, 4) is 0 Å². The molecule has 0 atom stereocenters. The van der Waals surface area contributed by atoms with E-state index in [1.165, 1.54) is 10.0 Å². The van der Waals surface area contributed by atoms with Crippen molar-refractivity contribution in [3.63, 3.8) is 0 Å². The average Bonchev–Trinajstić information content (AvgIpc) is 2.61. The maximum Gasteiger partial charge on any atom is 0.429 e. The van der Waals surface area contributed by atoms with Gasteiger partial charge in [-0.15, -0.1) is 13.2 Å². The summed E-state index contributed by atoms with van der Waals surface area (Å²) in [4.78, 5) is 25.3. The van der Waals surface area contributed by atoms with Crippen LogP contribution in [-0.4, -0.2) is 40.9 Å². The van der Waals surface area contributed by atoms with Crippen LogP contribution in [0, 0.1) is 0 Å². The molecule has 0 saturated heterocycles. The van der Waals surface area contributed by atoms with Gasteiger partial charge in [-0.05, 0) is 39.2 Å². The molecule has 0 unspecified atom stereocenters. The van der Waals surface area contributed by atoms with Gasteiger partial charge in [-0.2, -0.15) is 0 Å². The number of nitrogens with zero attached hydrogens (tertiary/aromatic N) is 2. The van der Waals surface area contributed by atoms with Gasteiger partial charge in [0.1, 0.15) is 12.2 Å². The Morgan fingerprint density at radius 1 is 0.963 bits per heavy atom. The zero-order valence-electron chi connectivity index (χ0n) is 16.5. The summed E-state index contributed by atoms with van der Waals surface area (Å²) in [5.41, 5.74) is 0.186. The van der Waals surface area contributed by atoms with Gasteiger partial charge in [0.15, 0.2) is 0 Å². The lowest BCUT2D eigenvalue weighted by atomic mass is 10.2. The first kappa shape index (κ1) is 22.3. The molecule has 0 spiro atoms. The Labute approximate surface area is 162 Å². The van der Waals surface area contributed by atoms with Crippen LogP contribution in [0.4, 0.5) is 9.59 Å². The molecule has 0 saturated carbocycles. The third-order valence-electron chi connectivity index (χ3n) is 3.40. The molecule has 0 aliphatic carbocycles. The largest absolute Gasteiger partial charge is 0.443 e. The molecule has 0 radical (unpaired) electrons. The van der Waals surface area contributed by atoms with Crippen molar-refractivity contribution in [2.75, 3.05) is 13.1 Å². The summed E-state index contributed by atoms with van der Waals surface area (Å²) < 4.78 is 10.9. The van der Waals surface area contributed by atoms with Gasteiger partial charge in [0.25, 0.3) is 0 Å². The van der Waals surface area contributed by atoms with Crippen LogP contribution in [0.1, 0.15) is 39.2 Å². The van der Waals surface area contributed by atoms with Crippen LogP contribution in [0.25, 0.3) is 0 Å². The summed E-state index contributed by atoms with van der Waals surface area (Å²) >= 11 is 0. The van der Waals surface area contributed by atoms with Gasteiger partial charge >= 0.3 is 12.2 Å². The first-order chi connectivity index (χ1) is 12.8. The fourth-order valence-corrected chi connectivity index (χ4v) is 2.16. The molecular formula is C21H30N2O4. The number of amides is 2. The molecule has 1 aromatic carbocycles. The van der Waals surface area contributed by atoms with Crippen LogP contribution < -0.4 is 0 Å². The van der Waals surface area contributed by atoms with Gasteiger partial charge in [0, 0.05) is 13.1 Å². The Hall–Kier alpha value is -2.76. The Kier molecular flexibility index (Phi) is 9.13. The van der Waals surface area contributed by atoms with E-state index in [-0.39, 0.29) is 19.7 Å². The zero-order valence-corrected chi connectivity index (χ0v) is 16.5. The number of ether oxygens (including phenoxy) is 2. The monoisotopic (exact) mass is 374 g/mol. The first-order valence-electron chi connectivity index (χ1n) is 8.99. The fraction of sp³-hybridized carbons (Fsp3) is 0.429. The third kappa shape index (κ3) is 8.44. The minimum absolute atomic E-state index is 0.119. The van der Waals surface area contributed by atoms with Gasteiger partial charge < -0.3 is 9.47 Å². The van der Waals surface area contributed by atoms with Gasteiger partial charge in [0.2, 0.25) is 0 Å². The molecule has 148 valence electrons. The molecule has 1 aromatic rings. The molecular weight excluding hydrogens is 344 g/mol. The Bertz CT molecular complexity index is 623. The summed E-state index contributed by atoms with van der Waals surface area (Å²) in [5.74, 6) is 0. The Morgan fingerprint density at radius 3 is 1.96 bits per heavy atom. The number of hydrogen-bond donors (Lipinski definition) is 0. The summed E-state index contributed by atoms with van der Waals surface area (Å²) in [6, 6.07) is 9.36. The average molecular weight is 374 g/mol. The van der Waals surface area contributed by atoms with E-state index in [9.17, 15) is 9.59 Å². The van der Waals surface area contributed by atoms with Crippen molar-refractivity contribution in [2.24, 2.45) is 0 Å². The minimum Gasteiger partial charge on any atom is -0.443 e. The van der Waals surface area contributed by atoms with Gasteiger partial charge in [0.05, 0.1) is 0 Å². The quantitative estimate of drug-likeness (QED) is 0.478. The highest BCUT2D eigenvalue weighted by atomic mass is 16.6. The lowest BCUT2D eigenvalue weighted by Gasteiger charge is -2.35. The SMILES string of the molecule is C=CCCN(C(=O)OCc1ccccc1)N(CCC=C)C(=O)OC(C)(C)C. The number of hydrogen-bond acceptors (Lipinski definition) is 4. The van der Waals surface area contributed by atoms with Crippen LogP contribution in [0.5, 0.6) is 0 Å². The summed E-state index contributed by atoms with van der Waals surface area (Å²) in [6.07, 6.45) is 3.15. The van der Waals surface area contributed by atoms with E-state index in [1.807, 2.05) is 30.3 Å². The van der Waals surface area contributed by atoms with E-state index in [2.05, 4.69) is 13.2 Å². The van der Waals surface area contributed by atoms with Crippen molar-refractivity contribution in [1.29, 1.82) is 0 Å². The van der Waals surface area contributed by atoms with Crippen molar-refractivity contribution < 1.29 is 19.1 Å². The van der Waals surface area contributed by atoms with E-state index in [0.717, 1.165) is 5.56 Å². The molecule has 6 nitrogen and oxygen atoms in total. The first-order valence-corrected chi connectivity index (χ1v) is 8.99. The third-order valence-corrected chi connectivity index (χ3v) is 3.40. The highest BCUT2D eigenvalue weighted by Gasteiger charge is 2.30. The van der Waals surface area contributed by atoms with Crippen molar-refractivity contribution >= 4 is 12.2 Å². The van der Waals surface area contributed by atoms with Crippen LogP contribution >= 0.6 is 0 Å². The maximum absolute atomic E-state index is 12.7. The normalized spacial score (nSPS) is 10.6. The zero-order chi connectivity index (χ0) is 20.3. The van der Waals surface area contributed by atoms with E-state index >= 15 is 0 Å². The minimum atomic E-state index is -0.679. The number of benzene rings is 1. The van der Waals surface area contributed by atoms with E-state index in [1.54, 1.807) is 32.9 Å². The summed E-state index contributed by atoms with van der Waals surface area (Å²) in [6.45, 7) is 13.3. The number of hydrazine groups is 1. The summed E-state index contributed by atoms with van der Waals surface area (Å²) in [7, 11) is 0. The van der Waals surface area contributed by atoms with Crippen molar-refractivity contribution in [1.82, 2.24) is 10.0 Å².